The lowest BCUT2D eigenvalue weighted by Crippen LogP contribution is -2.50. The van der Waals surface area contributed by atoms with E-state index in [0.29, 0.717) is 11.0 Å². The summed E-state index contributed by atoms with van der Waals surface area (Å²) in [6.45, 7) is 4.58. The van der Waals surface area contributed by atoms with E-state index in [0.717, 1.165) is 16.4 Å². The molecule has 0 saturated heterocycles. The van der Waals surface area contributed by atoms with Crippen molar-refractivity contribution in [1.29, 1.82) is 0 Å². The fourth-order valence-electron chi connectivity index (χ4n) is 1.85. The van der Waals surface area contributed by atoms with E-state index in [1.165, 1.54) is 0 Å². The van der Waals surface area contributed by atoms with Crippen molar-refractivity contribution in [2.45, 2.75) is 25.9 Å². The highest BCUT2D eigenvalue weighted by Crippen LogP contribution is 2.08. The number of hydrogen-bond donors (Lipinski definition) is 1. The summed E-state index contributed by atoms with van der Waals surface area (Å²) in [5.41, 5.74) is 1.79. The molecule has 0 bridgehead atoms. The maximum absolute atomic E-state index is 12.0. The van der Waals surface area contributed by atoms with Crippen LogP contribution in [-0.2, 0) is 6.54 Å². The third kappa shape index (κ3) is 2.15. The Bertz CT molecular complexity index is 623. The summed E-state index contributed by atoms with van der Waals surface area (Å²) < 4.78 is 2.28. The summed E-state index contributed by atoms with van der Waals surface area (Å²) in [6.07, 6.45) is 1.99. The molecule has 1 aromatic rings. The molecule has 1 aliphatic heterocycles. The van der Waals surface area contributed by atoms with Crippen LogP contribution in [0.1, 0.15) is 13.8 Å². The number of rotatable bonds is 2. The number of nitrogens with one attached hydrogen (secondary N) is 1. The fraction of sp³-hybridized carbons (Fsp3) is 0.455. The second-order valence-electron chi connectivity index (χ2n) is 3.77. The predicted octanol–water partition coefficient (Wildman–Crippen LogP) is 0.628. The molecule has 2 heterocycles. The van der Waals surface area contributed by atoms with Crippen molar-refractivity contribution in [2.75, 3.05) is 6.26 Å². The van der Waals surface area contributed by atoms with Crippen molar-refractivity contribution < 1.29 is 0 Å². The monoisotopic (exact) mass is 315 g/mol. The summed E-state index contributed by atoms with van der Waals surface area (Å²) in [4.78, 5) is 16.6. The molecule has 17 heavy (non-hydrogen) atoms. The Morgan fingerprint density at radius 1 is 1.65 bits per heavy atom. The molecule has 6 heteroatoms. The molecule has 0 amide bonds. The number of thioether (sulfide) groups is 1. The summed E-state index contributed by atoms with van der Waals surface area (Å²) in [6, 6.07) is 1.84. The van der Waals surface area contributed by atoms with Crippen LogP contribution in [0.15, 0.2) is 20.3 Å². The van der Waals surface area contributed by atoms with Crippen molar-refractivity contribution in [2.24, 2.45) is 4.99 Å². The van der Waals surface area contributed by atoms with E-state index in [2.05, 4.69) is 26.2 Å². The zero-order chi connectivity index (χ0) is 12.6. The minimum atomic E-state index is -0.0236. The van der Waals surface area contributed by atoms with Crippen LogP contribution >= 0.6 is 27.7 Å². The molecule has 1 atom stereocenters. The van der Waals surface area contributed by atoms with Gasteiger partial charge in [-0.2, -0.15) is 0 Å². The van der Waals surface area contributed by atoms with Gasteiger partial charge in [0.25, 0.3) is 5.56 Å². The molecular formula is C11H14BrN3OS. The van der Waals surface area contributed by atoms with Crippen LogP contribution in [-0.4, -0.2) is 16.3 Å². The highest BCUT2D eigenvalue weighted by molar-refractivity contribution is 9.10. The Balaban J connectivity index is 2.90. The van der Waals surface area contributed by atoms with Crippen molar-refractivity contribution >= 4 is 33.4 Å². The first-order valence-electron chi connectivity index (χ1n) is 5.36. The van der Waals surface area contributed by atoms with E-state index >= 15 is 0 Å². The van der Waals surface area contributed by atoms with Gasteiger partial charge >= 0.3 is 0 Å². The van der Waals surface area contributed by atoms with Gasteiger partial charge in [0.05, 0.1) is 4.47 Å². The first-order valence-corrected chi connectivity index (χ1v) is 7.44. The Hall–Kier alpha value is -0.750. The van der Waals surface area contributed by atoms with Crippen LogP contribution < -0.4 is 21.6 Å². The SMILES string of the molecule is CCn1c(=O)c(Br)cc2c1=NC(SC)NC=2C. The highest BCUT2D eigenvalue weighted by Gasteiger charge is 2.14. The van der Waals surface area contributed by atoms with Gasteiger partial charge in [0.15, 0.2) is 5.50 Å². The van der Waals surface area contributed by atoms with Gasteiger partial charge in [-0.05, 0) is 42.1 Å². The minimum absolute atomic E-state index is 0.0131. The summed E-state index contributed by atoms with van der Waals surface area (Å²) in [5.74, 6) is 0. The normalized spacial score (nSPS) is 18.4. The molecule has 1 aliphatic rings. The molecule has 92 valence electrons. The molecule has 0 saturated carbocycles. The minimum Gasteiger partial charge on any atom is -0.358 e. The average molecular weight is 316 g/mol. The van der Waals surface area contributed by atoms with Crippen LogP contribution in [0, 0.1) is 0 Å². The second kappa shape index (κ2) is 4.86. The van der Waals surface area contributed by atoms with Gasteiger partial charge in [-0.1, -0.05) is 0 Å². The van der Waals surface area contributed by atoms with Crippen LogP contribution in [0.5, 0.6) is 0 Å². The van der Waals surface area contributed by atoms with E-state index < -0.39 is 0 Å². The molecule has 1 N–H and O–H groups in total. The first-order chi connectivity index (χ1) is 8.08. The van der Waals surface area contributed by atoms with Gasteiger partial charge < -0.3 is 5.32 Å². The van der Waals surface area contributed by atoms with Crippen molar-refractivity contribution in [3.63, 3.8) is 0 Å². The lowest BCUT2D eigenvalue weighted by atomic mass is 10.3. The van der Waals surface area contributed by atoms with Gasteiger partial charge in [0.2, 0.25) is 0 Å². The van der Waals surface area contributed by atoms with E-state index in [4.69, 9.17) is 0 Å². The first kappa shape index (κ1) is 12.7. The fourth-order valence-corrected chi connectivity index (χ4v) is 2.79. The number of hydrogen-bond acceptors (Lipinski definition) is 4. The van der Waals surface area contributed by atoms with Gasteiger partial charge in [-0.15, -0.1) is 11.8 Å². The lowest BCUT2D eigenvalue weighted by molar-refractivity contribution is 0.638. The van der Waals surface area contributed by atoms with Crippen molar-refractivity contribution in [1.82, 2.24) is 9.88 Å². The number of halogens is 1. The molecule has 0 spiro atoms. The standard InChI is InChI=1S/C11H14BrN3OS/c1-4-15-9-7(5-8(12)10(15)16)6(2)13-11(14-9)17-3/h5,11,13H,4H2,1-3H3. The molecule has 2 rings (SSSR count). The molecule has 0 aliphatic carbocycles. The van der Waals surface area contributed by atoms with Gasteiger partial charge in [-0.25, -0.2) is 4.99 Å². The number of fused-ring (bicyclic) bond motifs is 1. The summed E-state index contributed by atoms with van der Waals surface area (Å²) in [5, 5.41) is 4.29. The highest BCUT2D eigenvalue weighted by atomic mass is 79.9. The van der Waals surface area contributed by atoms with E-state index in [1.807, 2.05) is 26.2 Å². The van der Waals surface area contributed by atoms with Gasteiger partial charge in [0.1, 0.15) is 5.49 Å². The van der Waals surface area contributed by atoms with Crippen molar-refractivity contribution in [3.8, 4) is 0 Å². The van der Waals surface area contributed by atoms with Gasteiger partial charge in [-0.3, -0.25) is 9.36 Å². The van der Waals surface area contributed by atoms with Crippen LogP contribution in [0.4, 0.5) is 0 Å². The quantitative estimate of drug-likeness (QED) is 0.870. The third-order valence-corrected chi connectivity index (χ3v) is 3.98. The Kier molecular flexibility index (Phi) is 3.63. The third-order valence-electron chi connectivity index (χ3n) is 2.74. The zero-order valence-corrected chi connectivity index (χ0v) is 12.4. The number of pyridine rings is 1. The number of aromatic nitrogens is 1. The van der Waals surface area contributed by atoms with Crippen LogP contribution in [0.25, 0.3) is 5.70 Å². The summed E-state index contributed by atoms with van der Waals surface area (Å²) >= 11 is 4.92. The zero-order valence-electron chi connectivity index (χ0n) is 9.95. The maximum atomic E-state index is 12.0. The topological polar surface area (TPSA) is 46.4 Å². The molecular weight excluding hydrogens is 302 g/mol. The van der Waals surface area contributed by atoms with E-state index in [9.17, 15) is 4.79 Å². The number of nitrogens with zero attached hydrogens (tertiary/aromatic N) is 2. The second-order valence-corrected chi connectivity index (χ2v) is 5.54. The molecule has 0 fully saturated rings. The lowest BCUT2D eigenvalue weighted by Gasteiger charge is -2.19. The maximum Gasteiger partial charge on any atom is 0.266 e. The van der Waals surface area contributed by atoms with Crippen LogP contribution in [0.3, 0.4) is 0 Å². The smallest absolute Gasteiger partial charge is 0.266 e. The Labute approximate surface area is 112 Å². The average Bonchev–Trinajstić information content (AvgIpc) is 2.32. The Morgan fingerprint density at radius 2 is 2.35 bits per heavy atom. The molecule has 0 radical (unpaired) electrons. The van der Waals surface area contributed by atoms with Crippen molar-refractivity contribution in [3.05, 3.63) is 31.6 Å². The molecule has 4 nitrogen and oxygen atoms in total. The molecule has 1 unspecified atom stereocenters. The van der Waals surface area contributed by atoms with E-state index in [1.54, 1.807) is 16.3 Å². The largest absolute Gasteiger partial charge is 0.358 e. The Morgan fingerprint density at radius 3 is 2.94 bits per heavy atom. The molecule has 0 aromatic carbocycles. The predicted molar refractivity (Wildman–Crippen MR) is 74.4 cm³/mol. The van der Waals surface area contributed by atoms with Gasteiger partial charge in [0, 0.05) is 17.5 Å². The van der Waals surface area contributed by atoms with Crippen LogP contribution in [0.2, 0.25) is 0 Å². The molecule has 1 aromatic heterocycles. The summed E-state index contributed by atoms with van der Waals surface area (Å²) in [7, 11) is 0. The van der Waals surface area contributed by atoms with E-state index in [-0.39, 0.29) is 11.1 Å².